The largest absolute Gasteiger partial charge is 0.460 e. The van der Waals surface area contributed by atoms with E-state index in [1.807, 2.05) is 6.07 Å². The number of fused-ring (bicyclic) bond motifs is 1. The molecule has 1 aromatic carbocycles. The second-order valence-electron chi connectivity index (χ2n) is 5.81. The van der Waals surface area contributed by atoms with E-state index in [2.05, 4.69) is 38.5 Å². The minimum atomic E-state index is 0.285. The molecule has 1 saturated carbocycles. The highest BCUT2D eigenvalue weighted by molar-refractivity contribution is 8.01. The maximum atomic E-state index is 5.97. The topological polar surface area (TPSA) is 38.2 Å². The van der Waals surface area contributed by atoms with Gasteiger partial charge in [-0.05, 0) is 49.3 Å². The normalized spacial score (nSPS) is 18.3. The summed E-state index contributed by atoms with van der Waals surface area (Å²) in [7, 11) is 0. The van der Waals surface area contributed by atoms with Gasteiger partial charge in [0.15, 0.2) is 0 Å². The molecule has 1 aliphatic heterocycles. The molecule has 0 N–H and O–H groups in total. The third-order valence-corrected chi connectivity index (χ3v) is 5.33. The lowest BCUT2D eigenvalue weighted by Crippen LogP contribution is -2.21. The summed E-state index contributed by atoms with van der Waals surface area (Å²) < 4.78 is 8.17. The third-order valence-electron chi connectivity index (χ3n) is 4.19. The average molecular weight is 313 g/mol. The zero-order valence-corrected chi connectivity index (χ0v) is 13.3. The number of aromatic nitrogens is 2. The first-order chi connectivity index (χ1) is 10.9. The van der Waals surface area contributed by atoms with Crippen LogP contribution >= 0.6 is 11.9 Å². The highest BCUT2D eigenvalue weighted by Crippen LogP contribution is 2.38. The van der Waals surface area contributed by atoms with Crippen LogP contribution in [0.2, 0.25) is 0 Å². The van der Waals surface area contributed by atoms with Gasteiger partial charge in [-0.25, -0.2) is 4.98 Å². The van der Waals surface area contributed by atoms with Crippen molar-refractivity contribution in [3.05, 3.63) is 42.1 Å². The molecule has 0 spiro atoms. The van der Waals surface area contributed by atoms with Gasteiger partial charge in [-0.1, -0.05) is 24.6 Å². The van der Waals surface area contributed by atoms with E-state index in [0.29, 0.717) is 6.01 Å². The van der Waals surface area contributed by atoms with Gasteiger partial charge in [0.05, 0.1) is 6.54 Å². The Morgan fingerprint density at radius 1 is 1.09 bits per heavy atom. The van der Waals surface area contributed by atoms with Gasteiger partial charge in [0.1, 0.15) is 11.9 Å². The van der Waals surface area contributed by atoms with Crippen molar-refractivity contribution in [2.75, 3.05) is 4.31 Å². The highest BCUT2D eigenvalue weighted by atomic mass is 32.2. The Morgan fingerprint density at radius 2 is 1.95 bits per heavy atom. The summed E-state index contributed by atoms with van der Waals surface area (Å²) >= 11 is 1.73. The Labute approximate surface area is 135 Å². The summed E-state index contributed by atoms with van der Waals surface area (Å²) in [6.07, 6.45) is 8.15. The molecule has 2 heterocycles. The molecular formula is C17H19N3OS. The molecular weight excluding hydrogens is 294 g/mol. The molecule has 0 saturated heterocycles. The molecule has 1 aromatic heterocycles. The van der Waals surface area contributed by atoms with Gasteiger partial charge in [0, 0.05) is 17.2 Å². The summed E-state index contributed by atoms with van der Waals surface area (Å²) in [6, 6.07) is 10.9. The number of rotatable bonds is 3. The summed E-state index contributed by atoms with van der Waals surface area (Å²) in [4.78, 5) is 10.2. The number of hydrogen-bond donors (Lipinski definition) is 0. The van der Waals surface area contributed by atoms with Gasteiger partial charge in [0.2, 0.25) is 0 Å². The minimum absolute atomic E-state index is 0.285. The molecule has 114 valence electrons. The van der Waals surface area contributed by atoms with E-state index in [0.717, 1.165) is 25.2 Å². The van der Waals surface area contributed by atoms with Gasteiger partial charge >= 0.3 is 6.01 Å². The smallest absolute Gasteiger partial charge is 0.318 e. The van der Waals surface area contributed by atoms with Crippen LogP contribution in [-0.2, 0) is 6.54 Å². The van der Waals surface area contributed by atoms with Crippen LogP contribution in [0.25, 0.3) is 0 Å². The van der Waals surface area contributed by atoms with Crippen molar-refractivity contribution in [3.63, 3.8) is 0 Å². The molecule has 5 heteroatoms. The second-order valence-corrected chi connectivity index (χ2v) is 6.87. The first kappa shape index (κ1) is 13.9. The number of nitrogens with zero attached hydrogens (tertiary/aromatic N) is 3. The molecule has 4 rings (SSSR count). The fourth-order valence-electron chi connectivity index (χ4n) is 3.02. The molecule has 0 bridgehead atoms. The molecule has 1 aliphatic carbocycles. The fourth-order valence-corrected chi connectivity index (χ4v) is 4.04. The summed E-state index contributed by atoms with van der Waals surface area (Å²) in [6.45, 7) is 0.876. The predicted octanol–water partition coefficient (Wildman–Crippen LogP) is 4.22. The number of benzene rings is 1. The van der Waals surface area contributed by atoms with Crippen LogP contribution in [0, 0.1) is 0 Å². The highest BCUT2D eigenvalue weighted by Gasteiger charge is 2.22. The molecule has 0 unspecified atom stereocenters. The summed E-state index contributed by atoms with van der Waals surface area (Å²) in [5, 5.41) is 0. The van der Waals surface area contributed by atoms with Crippen molar-refractivity contribution >= 4 is 17.8 Å². The lowest BCUT2D eigenvalue weighted by molar-refractivity contribution is 0.142. The van der Waals surface area contributed by atoms with Gasteiger partial charge in [-0.3, -0.25) is 4.31 Å². The van der Waals surface area contributed by atoms with E-state index in [4.69, 9.17) is 4.74 Å². The Hall–Kier alpha value is -1.75. The number of hydrogen-bond acceptors (Lipinski definition) is 5. The Kier molecular flexibility index (Phi) is 3.89. The molecule has 0 amide bonds. The lowest BCUT2D eigenvalue weighted by Gasteiger charge is -2.22. The predicted molar refractivity (Wildman–Crippen MR) is 88.0 cm³/mol. The van der Waals surface area contributed by atoms with Gasteiger partial charge in [0.25, 0.3) is 0 Å². The maximum Gasteiger partial charge on any atom is 0.318 e. The van der Waals surface area contributed by atoms with Crippen LogP contribution < -0.4 is 9.04 Å². The number of ether oxygens (including phenoxy) is 1. The molecule has 0 atom stereocenters. The van der Waals surface area contributed by atoms with Crippen LogP contribution in [-0.4, -0.2) is 16.1 Å². The van der Waals surface area contributed by atoms with Crippen LogP contribution in [0.1, 0.15) is 37.7 Å². The van der Waals surface area contributed by atoms with Crippen molar-refractivity contribution < 1.29 is 4.74 Å². The van der Waals surface area contributed by atoms with Crippen LogP contribution in [0.15, 0.2) is 41.4 Å². The van der Waals surface area contributed by atoms with E-state index in [1.165, 1.54) is 29.7 Å². The standard InChI is InChI=1S/C17H19N3OS/c1-2-7-14(8-3-1)21-17-18-11-10-16(19-17)20-12-13-6-4-5-9-15(13)22-20/h4-6,9-11,14H,1-3,7-8,12H2. The first-order valence-electron chi connectivity index (χ1n) is 7.91. The van der Waals surface area contributed by atoms with E-state index in [9.17, 15) is 0 Å². The zero-order valence-electron chi connectivity index (χ0n) is 12.4. The summed E-state index contributed by atoms with van der Waals surface area (Å²) in [5.41, 5.74) is 1.35. The van der Waals surface area contributed by atoms with E-state index in [1.54, 1.807) is 18.1 Å². The first-order valence-corrected chi connectivity index (χ1v) is 8.69. The van der Waals surface area contributed by atoms with Gasteiger partial charge < -0.3 is 4.74 Å². The van der Waals surface area contributed by atoms with E-state index >= 15 is 0 Å². The SMILES string of the molecule is c1ccc2c(c1)CN(c1ccnc(OC3CCCCC3)n1)S2. The molecule has 2 aromatic rings. The van der Waals surface area contributed by atoms with Crippen LogP contribution in [0.3, 0.4) is 0 Å². The molecule has 4 nitrogen and oxygen atoms in total. The minimum Gasteiger partial charge on any atom is -0.460 e. The van der Waals surface area contributed by atoms with Crippen molar-refractivity contribution in [1.82, 2.24) is 9.97 Å². The summed E-state index contributed by atoms with van der Waals surface area (Å²) in [5.74, 6) is 0.919. The van der Waals surface area contributed by atoms with Crippen molar-refractivity contribution in [3.8, 4) is 6.01 Å². The van der Waals surface area contributed by atoms with Crippen LogP contribution in [0.4, 0.5) is 5.82 Å². The Bertz CT molecular complexity index is 633. The zero-order chi connectivity index (χ0) is 14.8. The lowest BCUT2D eigenvalue weighted by atomic mass is 9.98. The van der Waals surface area contributed by atoms with Gasteiger partial charge in [-0.2, -0.15) is 4.98 Å². The van der Waals surface area contributed by atoms with Gasteiger partial charge in [-0.15, -0.1) is 0 Å². The van der Waals surface area contributed by atoms with Crippen molar-refractivity contribution in [2.24, 2.45) is 0 Å². The van der Waals surface area contributed by atoms with Crippen molar-refractivity contribution in [1.29, 1.82) is 0 Å². The molecule has 0 radical (unpaired) electrons. The maximum absolute atomic E-state index is 5.97. The fraction of sp³-hybridized carbons (Fsp3) is 0.412. The Balaban J connectivity index is 1.48. The monoisotopic (exact) mass is 313 g/mol. The van der Waals surface area contributed by atoms with E-state index in [-0.39, 0.29) is 6.10 Å². The third kappa shape index (κ3) is 2.90. The number of anilines is 1. The van der Waals surface area contributed by atoms with Crippen LogP contribution in [0.5, 0.6) is 6.01 Å². The Morgan fingerprint density at radius 3 is 2.82 bits per heavy atom. The quantitative estimate of drug-likeness (QED) is 0.793. The molecule has 2 aliphatic rings. The second kappa shape index (κ2) is 6.16. The average Bonchev–Trinajstić information content (AvgIpc) is 3.00. The van der Waals surface area contributed by atoms with Crippen molar-refractivity contribution in [2.45, 2.75) is 49.6 Å². The molecule has 1 fully saturated rings. The van der Waals surface area contributed by atoms with E-state index < -0.39 is 0 Å². The molecule has 22 heavy (non-hydrogen) atoms.